The fraction of sp³-hybridized carbons (Fsp3) is 0.150. The number of para-hydroxylation sites is 1. The van der Waals surface area contributed by atoms with Crippen LogP contribution in [0.15, 0.2) is 71.5 Å². The molecule has 0 spiro atoms. The minimum absolute atomic E-state index is 0.0176. The van der Waals surface area contributed by atoms with Crippen molar-refractivity contribution in [3.63, 3.8) is 0 Å². The number of tetrazole rings is 1. The average molecular weight is 397 g/mol. The molecule has 0 saturated carbocycles. The largest absolute Gasteiger partial charge is 0.491 e. The van der Waals surface area contributed by atoms with Crippen LogP contribution < -0.4 is 10.4 Å². The summed E-state index contributed by atoms with van der Waals surface area (Å²) < 4.78 is 7.83. The number of nitrogens with zero attached hydrogens (tertiary/aromatic N) is 4. The van der Waals surface area contributed by atoms with Crippen molar-refractivity contribution in [3.05, 3.63) is 82.2 Å². The van der Waals surface area contributed by atoms with Crippen LogP contribution in [0, 0.1) is 0 Å². The predicted octanol–water partition coefficient (Wildman–Crippen LogP) is 2.68. The number of fused-ring (bicyclic) bond motifs is 1. The summed E-state index contributed by atoms with van der Waals surface area (Å²) in [6.45, 7) is -0.0272. The van der Waals surface area contributed by atoms with Gasteiger partial charge >= 0.3 is 5.69 Å². The predicted molar refractivity (Wildman–Crippen MR) is 106 cm³/mol. The lowest BCUT2D eigenvalue weighted by Gasteiger charge is -2.12. The van der Waals surface area contributed by atoms with E-state index in [0.717, 1.165) is 20.1 Å². The first-order valence-corrected chi connectivity index (χ1v) is 9.07. The van der Waals surface area contributed by atoms with Crippen LogP contribution in [0.1, 0.15) is 0 Å². The number of halogens is 1. The molecule has 0 amide bonds. The summed E-state index contributed by atoms with van der Waals surface area (Å²) in [6.07, 6.45) is -0.930. The zero-order valence-electron chi connectivity index (χ0n) is 14.8. The van der Waals surface area contributed by atoms with Crippen molar-refractivity contribution in [3.8, 4) is 11.4 Å². The fourth-order valence-electron chi connectivity index (χ4n) is 2.87. The summed E-state index contributed by atoms with van der Waals surface area (Å²) in [4.78, 5) is 12.5. The quantitative estimate of drug-likeness (QED) is 0.542. The Balaban J connectivity index is 1.43. The Bertz CT molecular complexity index is 1170. The molecule has 1 aromatic heterocycles. The second kappa shape index (κ2) is 7.84. The van der Waals surface area contributed by atoms with Crippen LogP contribution in [0.2, 0.25) is 5.02 Å². The third-order valence-electron chi connectivity index (χ3n) is 4.27. The topological polar surface area (TPSA) is 82.2 Å². The normalized spacial score (nSPS) is 12.2. The van der Waals surface area contributed by atoms with Crippen LogP contribution in [-0.2, 0) is 6.54 Å². The van der Waals surface area contributed by atoms with Gasteiger partial charge in [0.15, 0.2) is 0 Å². The second-order valence-corrected chi connectivity index (χ2v) is 6.69. The third kappa shape index (κ3) is 3.76. The van der Waals surface area contributed by atoms with Crippen molar-refractivity contribution in [2.45, 2.75) is 12.6 Å². The minimum atomic E-state index is -0.930. The van der Waals surface area contributed by atoms with E-state index in [4.69, 9.17) is 16.3 Å². The van der Waals surface area contributed by atoms with Crippen molar-refractivity contribution in [2.24, 2.45) is 0 Å². The molecule has 0 radical (unpaired) electrons. The molecule has 3 aromatic carbocycles. The highest BCUT2D eigenvalue weighted by molar-refractivity contribution is 6.32. The van der Waals surface area contributed by atoms with E-state index in [1.165, 1.54) is 0 Å². The average Bonchev–Trinajstić information content (AvgIpc) is 3.06. The van der Waals surface area contributed by atoms with Crippen LogP contribution in [-0.4, -0.2) is 37.6 Å². The van der Waals surface area contributed by atoms with E-state index in [0.29, 0.717) is 16.5 Å². The molecule has 4 aromatic rings. The smallest absolute Gasteiger partial charge is 0.368 e. The molecule has 1 unspecified atom stereocenters. The zero-order valence-corrected chi connectivity index (χ0v) is 15.5. The summed E-state index contributed by atoms with van der Waals surface area (Å²) >= 11 is 6.10. The number of ether oxygens (including phenoxy) is 1. The molecule has 0 saturated heterocycles. The minimum Gasteiger partial charge on any atom is -0.491 e. The van der Waals surface area contributed by atoms with Crippen LogP contribution in [0.3, 0.4) is 0 Å². The van der Waals surface area contributed by atoms with E-state index in [1.807, 2.05) is 42.5 Å². The number of benzene rings is 3. The Morgan fingerprint density at radius 2 is 1.75 bits per heavy atom. The summed E-state index contributed by atoms with van der Waals surface area (Å²) in [5, 5.41) is 20.4. The maximum atomic E-state index is 12.5. The molecule has 4 rings (SSSR count). The molecule has 1 N–H and O–H groups in total. The molecule has 142 valence electrons. The molecule has 0 aliphatic rings. The Morgan fingerprint density at radius 1 is 1.00 bits per heavy atom. The van der Waals surface area contributed by atoms with E-state index in [2.05, 4.69) is 10.4 Å². The van der Waals surface area contributed by atoms with E-state index in [1.54, 1.807) is 24.3 Å². The van der Waals surface area contributed by atoms with Gasteiger partial charge in [-0.2, -0.15) is 9.36 Å². The van der Waals surface area contributed by atoms with E-state index < -0.39 is 11.8 Å². The van der Waals surface area contributed by atoms with Gasteiger partial charge in [0, 0.05) is 0 Å². The van der Waals surface area contributed by atoms with Crippen LogP contribution in [0.4, 0.5) is 0 Å². The van der Waals surface area contributed by atoms with Crippen molar-refractivity contribution >= 4 is 22.4 Å². The van der Waals surface area contributed by atoms with Crippen molar-refractivity contribution in [1.82, 2.24) is 19.8 Å². The highest BCUT2D eigenvalue weighted by Crippen LogP contribution is 2.20. The first kappa shape index (κ1) is 18.2. The van der Waals surface area contributed by atoms with Crippen molar-refractivity contribution in [1.29, 1.82) is 0 Å². The first-order valence-electron chi connectivity index (χ1n) is 8.69. The lowest BCUT2D eigenvalue weighted by atomic mass is 10.1. The van der Waals surface area contributed by atoms with Crippen LogP contribution in [0.25, 0.3) is 16.5 Å². The molecule has 1 atom stereocenters. The number of aliphatic hydroxyl groups is 1. The van der Waals surface area contributed by atoms with Gasteiger partial charge in [-0.15, -0.1) is 0 Å². The van der Waals surface area contributed by atoms with Gasteiger partial charge < -0.3 is 9.84 Å². The lowest BCUT2D eigenvalue weighted by molar-refractivity contribution is 0.0879. The summed E-state index contributed by atoms with van der Waals surface area (Å²) in [7, 11) is 0. The van der Waals surface area contributed by atoms with Crippen LogP contribution in [0.5, 0.6) is 5.75 Å². The second-order valence-electron chi connectivity index (χ2n) is 6.28. The number of rotatable bonds is 6. The molecule has 0 aliphatic heterocycles. The van der Waals surface area contributed by atoms with E-state index in [9.17, 15) is 9.90 Å². The maximum absolute atomic E-state index is 12.5. The SMILES string of the molecule is O=c1n(CC(O)COc2ccc3ccccc3c2)nnn1-c1ccccc1Cl. The van der Waals surface area contributed by atoms with Gasteiger partial charge in [-0.1, -0.05) is 54.1 Å². The number of aromatic nitrogens is 4. The Kier molecular flexibility index (Phi) is 5.10. The molecule has 7 nitrogen and oxygen atoms in total. The standard InChI is InChI=1S/C20H17ClN4O3/c21-18-7-3-4-8-19(18)25-20(27)24(22-23-25)12-16(26)13-28-17-10-9-14-5-1-2-6-15(14)11-17/h1-11,16,26H,12-13H2. The van der Waals surface area contributed by atoms with Crippen molar-refractivity contribution < 1.29 is 9.84 Å². The molecule has 8 heteroatoms. The molecule has 28 heavy (non-hydrogen) atoms. The molecule has 0 bridgehead atoms. The van der Waals surface area contributed by atoms with E-state index >= 15 is 0 Å². The van der Waals surface area contributed by atoms with Gasteiger partial charge in [0.05, 0.1) is 17.3 Å². The highest BCUT2D eigenvalue weighted by atomic mass is 35.5. The molecule has 1 heterocycles. The lowest BCUT2D eigenvalue weighted by Crippen LogP contribution is -2.31. The zero-order chi connectivity index (χ0) is 19.5. The molecular weight excluding hydrogens is 380 g/mol. The van der Waals surface area contributed by atoms with Gasteiger partial charge in [0.2, 0.25) is 0 Å². The fourth-order valence-corrected chi connectivity index (χ4v) is 3.08. The third-order valence-corrected chi connectivity index (χ3v) is 4.59. The summed E-state index contributed by atoms with van der Waals surface area (Å²) in [6, 6.07) is 20.5. The molecular formula is C20H17ClN4O3. The Hall–Kier alpha value is -3.16. The summed E-state index contributed by atoms with van der Waals surface area (Å²) in [5.41, 5.74) is -0.0554. The van der Waals surface area contributed by atoms with E-state index in [-0.39, 0.29) is 13.2 Å². The van der Waals surface area contributed by atoms with Crippen molar-refractivity contribution in [2.75, 3.05) is 6.61 Å². The molecule has 0 aliphatic carbocycles. The summed E-state index contributed by atoms with van der Waals surface area (Å²) in [5.74, 6) is 0.643. The van der Waals surface area contributed by atoms with Gasteiger partial charge in [-0.3, -0.25) is 0 Å². The van der Waals surface area contributed by atoms with Gasteiger partial charge in [-0.25, -0.2) is 4.79 Å². The Labute approximate surface area is 165 Å². The maximum Gasteiger partial charge on any atom is 0.368 e. The number of hydrogen-bond donors (Lipinski definition) is 1. The van der Waals surface area contributed by atoms with Gasteiger partial charge in [0.1, 0.15) is 18.5 Å². The molecule has 0 fully saturated rings. The first-order chi connectivity index (χ1) is 13.6. The monoisotopic (exact) mass is 396 g/mol. The number of aliphatic hydroxyl groups excluding tert-OH is 1. The highest BCUT2D eigenvalue weighted by Gasteiger charge is 2.15. The Morgan fingerprint density at radius 3 is 2.57 bits per heavy atom. The number of hydrogen-bond acceptors (Lipinski definition) is 5. The van der Waals surface area contributed by atoms with Crippen LogP contribution >= 0.6 is 11.6 Å². The van der Waals surface area contributed by atoms with Gasteiger partial charge in [0.25, 0.3) is 0 Å². The van der Waals surface area contributed by atoms with Gasteiger partial charge in [-0.05, 0) is 45.5 Å².